The number of rotatable bonds is 6. The topological polar surface area (TPSA) is 67.4 Å². The Morgan fingerprint density at radius 1 is 1.08 bits per heavy atom. The number of carbonyl (C=O) groups is 2. The Hall–Kier alpha value is -2.53. The van der Waals surface area contributed by atoms with E-state index >= 15 is 0 Å². The third kappa shape index (κ3) is 5.28. The van der Waals surface area contributed by atoms with Crippen molar-refractivity contribution in [2.45, 2.75) is 26.4 Å². The summed E-state index contributed by atoms with van der Waals surface area (Å²) >= 11 is 5.81. The van der Waals surface area contributed by atoms with Crippen LogP contribution in [0.2, 0.25) is 5.02 Å². The molecule has 0 aliphatic rings. The van der Waals surface area contributed by atoms with Gasteiger partial charge in [0.2, 0.25) is 5.91 Å². The molecule has 0 aliphatic heterocycles. The van der Waals surface area contributed by atoms with Crippen LogP contribution in [0.25, 0.3) is 0 Å². The van der Waals surface area contributed by atoms with E-state index in [0.29, 0.717) is 28.6 Å². The van der Waals surface area contributed by atoms with E-state index in [2.05, 4.69) is 10.6 Å². The average Bonchev–Trinajstić information content (AvgIpc) is 2.57. The molecule has 6 heteroatoms. The highest BCUT2D eigenvalue weighted by molar-refractivity contribution is 6.30. The van der Waals surface area contributed by atoms with Gasteiger partial charge < -0.3 is 15.4 Å². The van der Waals surface area contributed by atoms with Crippen molar-refractivity contribution in [2.24, 2.45) is 0 Å². The van der Waals surface area contributed by atoms with Gasteiger partial charge in [-0.2, -0.15) is 0 Å². The Morgan fingerprint density at radius 2 is 1.71 bits per heavy atom. The number of halogens is 1. The molecule has 0 unspecified atom stereocenters. The SMILES string of the molecule is CCC(=O)Nc1cccc(NC(=O)[C@H](C)Oc2ccc(Cl)cc2)c1. The monoisotopic (exact) mass is 346 g/mol. The predicted molar refractivity (Wildman–Crippen MR) is 95.5 cm³/mol. The molecule has 2 aromatic rings. The summed E-state index contributed by atoms with van der Waals surface area (Å²) in [4.78, 5) is 23.6. The third-order valence-electron chi connectivity index (χ3n) is 3.23. The second-order valence-electron chi connectivity index (χ2n) is 5.19. The molecule has 0 saturated heterocycles. The van der Waals surface area contributed by atoms with E-state index < -0.39 is 6.10 Å². The highest BCUT2D eigenvalue weighted by Gasteiger charge is 2.15. The fourth-order valence-electron chi connectivity index (χ4n) is 1.94. The van der Waals surface area contributed by atoms with E-state index in [9.17, 15) is 9.59 Å². The summed E-state index contributed by atoms with van der Waals surface area (Å²) in [5.41, 5.74) is 1.21. The fraction of sp³-hybridized carbons (Fsp3) is 0.222. The predicted octanol–water partition coefficient (Wildman–Crippen LogP) is 4.09. The van der Waals surface area contributed by atoms with Crippen LogP contribution < -0.4 is 15.4 Å². The van der Waals surface area contributed by atoms with Gasteiger partial charge in [-0.25, -0.2) is 0 Å². The van der Waals surface area contributed by atoms with Crippen molar-refractivity contribution in [3.63, 3.8) is 0 Å². The van der Waals surface area contributed by atoms with Crippen LogP contribution >= 0.6 is 11.6 Å². The number of hydrogen-bond acceptors (Lipinski definition) is 3. The number of amides is 2. The first-order chi connectivity index (χ1) is 11.5. The molecule has 0 aromatic heterocycles. The molecule has 2 aromatic carbocycles. The summed E-state index contributed by atoms with van der Waals surface area (Å²) in [7, 11) is 0. The summed E-state index contributed by atoms with van der Waals surface area (Å²) in [6.45, 7) is 3.43. The molecule has 0 fully saturated rings. The first-order valence-corrected chi connectivity index (χ1v) is 7.98. The Morgan fingerprint density at radius 3 is 2.33 bits per heavy atom. The fourth-order valence-corrected chi connectivity index (χ4v) is 2.06. The van der Waals surface area contributed by atoms with Gasteiger partial charge in [0.25, 0.3) is 5.91 Å². The molecule has 1 atom stereocenters. The molecule has 0 aliphatic carbocycles. The smallest absolute Gasteiger partial charge is 0.265 e. The van der Waals surface area contributed by atoms with Gasteiger partial charge in [0.15, 0.2) is 6.10 Å². The van der Waals surface area contributed by atoms with Crippen LogP contribution in [0, 0.1) is 0 Å². The molecule has 0 heterocycles. The molecule has 0 radical (unpaired) electrons. The zero-order valence-corrected chi connectivity index (χ0v) is 14.3. The number of carbonyl (C=O) groups excluding carboxylic acids is 2. The Kier molecular flexibility index (Phi) is 6.21. The van der Waals surface area contributed by atoms with Gasteiger partial charge >= 0.3 is 0 Å². The summed E-state index contributed by atoms with van der Waals surface area (Å²) in [5.74, 6) is 0.188. The van der Waals surface area contributed by atoms with E-state index in [-0.39, 0.29) is 11.8 Å². The van der Waals surface area contributed by atoms with E-state index in [1.54, 1.807) is 62.4 Å². The molecule has 24 heavy (non-hydrogen) atoms. The summed E-state index contributed by atoms with van der Waals surface area (Å²) in [6, 6.07) is 13.8. The molecule has 0 saturated carbocycles. The standard InChI is InChI=1S/C18H19ClN2O3/c1-3-17(22)20-14-5-4-6-15(11-14)21-18(23)12(2)24-16-9-7-13(19)8-10-16/h4-12H,3H2,1-2H3,(H,20,22)(H,21,23)/t12-/m0/s1. The van der Waals surface area contributed by atoms with Crippen molar-refractivity contribution in [2.75, 3.05) is 10.6 Å². The van der Waals surface area contributed by atoms with Crippen LogP contribution in [-0.4, -0.2) is 17.9 Å². The van der Waals surface area contributed by atoms with Crippen molar-refractivity contribution in [3.8, 4) is 5.75 Å². The number of benzene rings is 2. The van der Waals surface area contributed by atoms with Crippen LogP contribution in [0.5, 0.6) is 5.75 Å². The van der Waals surface area contributed by atoms with E-state index in [0.717, 1.165) is 0 Å². The molecular formula is C18H19ClN2O3. The lowest BCUT2D eigenvalue weighted by atomic mass is 10.2. The molecule has 126 valence electrons. The van der Waals surface area contributed by atoms with Crippen LogP contribution in [0.15, 0.2) is 48.5 Å². The van der Waals surface area contributed by atoms with Crippen molar-refractivity contribution in [3.05, 3.63) is 53.6 Å². The highest BCUT2D eigenvalue weighted by Crippen LogP contribution is 2.18. The second kappa shape index (κ2) is 8.36. The minimum Gasteiger partial charge on any atom is -0.481 e. The molecular weight excluding hydrogens is 328 g/mol. The first-order valence-electron chi connectivity index (χ1n) is 7.61. The van der Waals surface area contributed by atoms with Gasteiger partial charge in [0, 0.05) is 22.8 Å². The maximum absolute atomic E-state index is 12.2. The number of nitrogens with one attached hydrogen (secondary N) is 2. The lowest BCUT2D eigenvalue weighted by Gasteiger charge is -2.15. The maximum Gasteiger partial charge on any atom is 0.265 e. The van der Waals surface area contributed by atoms with Gasteiger partial charge in [-0.1, -0.05) is 24.6 Å². The van der Waals surface area contributed by atoms with Crippen molar-refractivity contribution in [1.82, 2.24) is 0 Å². The molecule has 2 rings (SSSR count). The number of anilines is 2. The highest BCUT2D eigenvalue weighted by atomic mass is 35.5. The van der Waals surface area contributed by atoms with Crippen LogP contribution in [0.4, 0.5) is 11.4 Å². The Balaban J connectivity index is 1.96. The Bertz CT molecular complexity index is 716. The van der Waals surface area contributed by atoms with Gasteiger partial charge in [0.05, 0.1) is 0 Å². The quantitative estimate of drug-likeness (QED) is 0.827. The van der Waals surface area contributed by atoms with E-state index in [1.165, 1.54) is 0 Å². The first kappa shape index (κ1) is 17.8. The minimum atomic E-state index is -0.680. The van der Waals surface area contributed by atoms with E-state index in [1.807, 2.05) is 0 Å². The van der Waals surface area contributed by atoms with Gasteiger partial charge in [-0.3, -0.25) is 9.59 Å². The van der Waals surface area contributed by atoms with Gasteiger partial charge in [-0.05, 0) is 49.4 Å². The molecule has 0 spiro atoms. The van der Waals surface area contributed by atoms with Crippen molar-refractivity contribution < 1.29 is 14.3 Å². The zero-order chi connectivity index (χ0) is 17.5. The lowest BCUT2D eigenvalue weighted by Crippen LogP contribution is -2.30. The maximum atomic E-state index is 12.2. The minimum absolute atomic E-state index is 0.0853. The molecule has 2 amide bonds. The molecule has 0 bridgehead atoms. The zero-order valence-electron chi connectivity index (χ0n) is 13.5. The van der Waals surface area contributed by atoms with Crippen LogP contribution in [0.3, 0.4) is 0 Å². The van der Waals surface area contributed by atoms with Crippen molar-refractivity contribution >= 4 is 34.8 Å². The summed E-state index contributed by atoms with van der Waals surface area (Å²) in [6.07, 6.45) is -0.289. The Labute approximate surface area is 146 Å². The normalized spacial score (nSPS) is 11.5. The van der Waals surface area contributed by atoms with Crippen LogP contribution in [-0.2, 0) is 9.59 Å². The van der Waals surface area contributed by atoms with E-state index in [4.69, 9.17) is 16.3 Å². The third-order valence-corrected chi connectivity index (χ3v) is 3.48. The van der Waals surface area contributed by atoms with Gasteiger partial charge in [0.1, 0.15) is 5.75 Å². The number of ether oxygens (including phenoxy) is 1. The molecule has 2 N–H and O–H groups in total. The molecule has 5 nitrogen and oxygen atoms in total. The average molecular weight is 347 g/mol. The van der Waals surface area contributed by atoms with Crippen molar-refractivity contribution in [1.29, 1.82) is 0 Å². The second-order valence-corrected chi connectivity index (χ2v) is 5.62. The largest absolute Gasteiger partial charge is 0.481 e. The summed E-state index contributed by atoms with van der Waals surface area (Å²) in [5, 5.41) is 6.11. The van der Waals surface area contributed by atoms with Gasteiger partial charge in [-0.15, -0.1) is 0 Å². The lowest BCUT2D eigenvalue weighted by molar-refractivity contribution is -0.122. The summed E-state index contributed by atoms with van der Waals surface area (Å²) < 4.78 is 5.58. The number of hydrogen-bond donors (Lipinski definition) is 2. The van der Waals surface area contributed by atoms with Crippen LogP contribution in [0.1, 0.15) is 20.3 Å².